The molecule has 1 heterocycles. The van der Waals surface area contributed by atoms with E-state index in [-0.39, 0.29) is 0 Å². The molecule has 1 saturated heterocycles. The first-order chi connectivity index (χ1) is 13.3. The van der Waals surface area contributed by atoms with E-state index >= 15 is 0 Å². The van der Waals surface area contributed by atoms with E-state index in [0.717, 1.165) is 34.9 Å². The van der Waals surface area contributed by atoms with Crippen LogP contribution in [0.3, 0.4) is 0 Å². The van der Waals surface area contributed by atoms with Crippen molar-refractivity contribution in [3.8, 4) is 17.6 Å². The number of hydrogen-bond donors (Lipinski definition) is 1. The molecule has 0 amide bonds. The number of phenolic OH excluding ortho intramolecular Hbond substituents is 1. The second-order valence-corrected chi connectivity index (χ2v) is 7.34. The first-order valence-corrected chi connectivity index (χ1v) is 9.79. The van der Waals surface area contributed by atoms with Crippen LogP contribution < -0.4 is 0 Å². The Balaban J connectivity index is 1.55. The minimum atomic E-state index is 0.357. The van der Waals surface area contributed by atoms with Gasteiger partial charge in [0.25, 0.3) is 0 Å². The SMILES string of the molecule is Oc1cc2ccc(C#CCN3CCCCC3)cc2cc1Cc1ccccc1. The van der Waals surface area contributed by atoms with Crippen LogP contribution in [0.15, 0.2) is 60.7 Å². The number of benzene rings is 3. The third-order valence-electron chi connectivity index (χ3n) is 5.26. The van der Waals surface area contributed by atoms with Crippen molar-refractivity contribution in [2.75, 3.05) is 19.6 Å². The zero-order chi connectivity index (χ0) is 18.5. The second-order valence-electron chi connectivity index (χ2n) is 7.34. The maximum atomic E-state index is 10.4. The first kappa shape index (κ1) is 17.6. The van der Waals surface area contributed by atoms with Crippen molar-refractivity contribution in [3.63, 3.8) is 0 Å². The van der Waals surface area contributed by atoms with Crippen LogP contribution in [0.4, 0.5) is 0 Å². The van der Waals surface area contributed by atoms with Gasteiger partial charge in [0.1, 0.15) is 5.75 Å². The summed E-state index contributed by atoms with van der Waals surface area (Å²) >= 11 is 0. The molecule has 1 fully saturated rings. The molecule has 136 valence electrons. The van der Waals surface area contributed by atoms with Gasteiger partial charge in [0.2, 0.25) is 0 Å². The van der Waals surface area contributed by atoms with Crippen molar-refractivity contribution in [1.82, 2.24) is 4.90 Å². The molecule has 1 aliphatic rings. The molecule has 0 saturated carbocycles. The summed E-state index contributed by atoms with van der Waals surface area (Å²) in [5.41, 5.74) is 3.19. The van der Waals surface area contributed by atoms with Gasteiger partial charge >= 0.3 is 0 Å². The van der Waals surface area contributed by atoms with Gasteiger partial charge in [-0.05, 0) is 72.1 Å². The summed E-state index contributed by atoms with van der Waals surface area (Å²) in [7, 11) is 0. The van der Waals surface area contributed by atoms with Gasteiger partial charge in [-0.25, -0.2) is 0 Å². The van der Waals surface area contributed by atoms with Crippen molar-refractivity contribution in [2.24, 2.45) is 0 Å². The van der Waals surface area contributed by atoms with Gasteiger partial charge in [0.05, 0.1) is 6.54 Å². The van der Waals surface area contributed by atoms with E-state index in [0.29, 0.717) is 5.75 Å². The molecule has 0 bridgehead atoms. The third kappa shape index (κ3) is 4.51. The lowest BCUT2D eigenvalue weighted by Crippen LogP contribution is -2.29. The molecule has 4 rings (SSSR count). The van der Waals surface area contributed by atoms with Crippen molar-refractivity contribution in [3.05, 3.63) is 77.4 Å². The first-order valence-electron chi connectivity index (χ1n) is 9.79. The minimum absolute atomic E-state index is 0.357. The maximum Gasteiger partial charge on any atom is 0.119 e. The fourth-order valence-corrected chi connectivity index (χ4v) is 3.74. The van der Waals surface area contributed by atoms with Crippen LogP contribution in [0.25, 0.3) is 10.8 Å². The summed E-state index contributed by atoms with van der Waals surface area (Å²) in [6.07, 6.45) is 4.68. The van der Waals surface area contributed by atoms with Crippen molar-refractivity contribution >= 4 is 10.8 Å². The number of fused-ring (bicyclic) bond motifs is 1. The number of phenols is 1. The molecule has 0 radical (unpaired) electrons. The molecule has 3 aromatic rings. The molecule has 1 N–H and O–H groups in total. The second kappa shape index (κ2) is 8.29. The van der Waals surface area contributed by atoms with Crippen LogP contribution in [0.5, 0.6) is 5.75 Å². The van der Waals surface area contributed by atoms with Crippen LogP contribution in [0.2, 0.25) is 0 Å². The number of aromatic hydroxyl groups is 1. The Morgan fingerprint density at radius 1 is 0.852 bits per heavy atom. The highest BCUT2D eigenvalue weighted by molar-refractivity contribution is 5.86. The fraction of sp³-hybridized carbons (Fsp3) is 0.280. The van der Waals surface area contributed by atoms with E-state index in [4.69, 9.17) is 0 Å². The average molecular weight is 355 g/mol. The van der Waals surface area contributed by atoms with E-state index in [1.165, 1.54) is 37.9 Å². The van der Waals surface area contributed by atoms with E-state index in [9.17, 15) is 5.11 Å². The molecule has 0 aliphatic carbocycles. The predicted octanol–water partition coefficient (Wildman–Crippen LogP) is 4.97. The number of rotatable bonds is 3. The highest BCUT2D eigenvalue weighted by Gasteiger charge is 2.08. The summed E-state index contributed by atoms with van der Waals surface area (Å²) in [5.74, 6) is 7.00. The Kier molecular flexibility index (Phi) is 5.42. The quantitative estimate of drug-likeness (QED) is 0.670. The summed E-state index contributed by atoms with van der Waals surface area (Å²) < 4.78 is 0. The van der Waals surface area contributed by atoms with Crippen molar-refractivity contribution in [2.45, 2.75) is 25.7 Å². The van der Waals surface area contributed by atoms with Gasteiger partial charge in [-0.15, -0.1) is 0 Å². The van der Waals surface area contributed by atoms with Gasteiger partial charge in [-0.3, -0.25) is 4.90 Å². The highest BCUT2D eigenvalue weighted by atomic mass is 16.3. The number of hydrogen-bond acceptors (Lipinski definition) is 2. The molecule has 0 atom stereocenters. The normalized spacial score (nSPS) is 14.7. The molecule has 0 unspecified atom stereocenters. The van der Waals surface area contributed by atoms with E-state index in [2.05, 4.69) is 41.0 Å². The summed E-state index contributed by atoms with van der Waals surface area (Å²) in [5, 5.41) is 12.6. The van der Waals surface area contributed by atoms with Crippen LogP contribution in [0, 0.1) is 11.8 Å². The van der Waals surface area contributed by atoms with Crippen molar-refractivity contribution in [1.29, 1.82) is 0 Å². The molecular weight excluding hydrogens is 330 g/mol. The molecule has 2 nitrogen and oxygen atoms in total. The average Bonchev–Trinajstić information content (AvgIpc) is 2.70. The Morgan fingerprint density at radius 2 is 1.67 bits per heavy atom. The van der Waals surface area contributed by atoms with E-state index in [1.54, 1.807) is 0 Å². The zero-order valence-electron chi connectivity index (χ0n) is 15.6. The van der Waals surface area contributed by atoms with Crippen LogP contribution in [-0.4, -0.2) is 29.6 Å². The molecule has 1 aliphatic heterocycles. The van der Waals surface area contributed by atoms with Crippen molar-refractivity contribution < 1.29 is 5.11 Å². The Labute approximate surface area is 161 Å². The highest BCUT2D eigenvalue weighted by Crippen LogP contribution is 2.27. The lowest BCUT2D eigenvalue weighted by atomic mass is 9.99. The smallest absolute Gasteiger partial charge is 0.119 e. The van der Waals surface area contributed by atoms with Crippen LogP contribution >= 0.6 is 0 Å². The van der Waals surface area contributed by atoms with Crippen LogP contribution in [-0.2, 0) is 6.42 Å². The van der Waals surface area contributed by atoms with Gasteiger partial charge in [-0.1, -0.05) is 54.7 Å². The minimum Gasteiger partial charge on any atom is -0.508 e. The predicted molar refractivity (Wildman–Crippen MR) is 112 cm³/mol. The number of likely N-dealkylation sites (tertiary alicyclic amines) is 1. The van der Waals surface area contributed by atoms with E-state index in [1.807, 2.05) is 36.4 Å². The molecule has 2 heteroatoms. The molecule has 0 spiro atoms. The molecule has 0 aromatic heterocycles. The lowest BCUT2D eigenvalue weighted by Gasteiger charge is -2.23. The molecule has 27 heavy (non-hydrogen) atoms. The number of piperidine rings is 1. The summed E-state index contributed by atoms with van der Waals surface area (Å²) in [6, 6.07) is 20.4. The van der Waals surface area contributed by atoms with Crippen LogP contribution in [0.1, 0.15) is 36.0 Å². The molecule has 3 aromatic carbocycles. The zero-order valence-corrected chi connectivity index (χ0v) is 15.6. The largest absolute Gasteiger partial charge is 0.508 e. The third-order valence-corrected chi connectivity index (χ3v) is 5.26. The van der Waals surface area contributed by atoms with Gasteiger partial charge in [-0.2, -0.15) is 0 Å². The van der Waals surface area contributed by atoms with Gasteiger partial charge in [0.15, 0.2) is 0 Å². The van der Waals surface area contributed by atoms with E-state index < -0.39 is 0 Å². The number of nitrogens with zero attached hydrogens (tertiary/aromatic N) is 1. The maximum absolute atomic E-state index is 10.4. The Hall–Kier alpha value is -2.76. The van der Waals surface area contributed by atoms with Gasteiger partial charge < -0.3 is 5.11 Å². The Bertz CT molecular complexity index is 976. The topological polar surface area (TPSA) is 23.5 Å². The fourth-order valence-electron chi connectivity index (χ4n) is 3.74. The lowest BCUT2D eigenvalue weighted by molar-refractivity contribution is 0.255. The Morgan fingerprint density at radius 3 is 2.48 bits per heavy atom. The standard InChI is InChI=1S/C25H25NO/c27-25-19-22-12-11-21(10-7-15-26-13-5-2-6-14-26)16-23(22)18-24(25)17-20-8-3-1-4-9-20/h1,3-4,8-9,11-12,16,18-19,27H,2,5-6,13-15,17H2. The molecular formula is C25H25NO. The van der Waals surface area contributed by atoms with Gasteiger partial charge in [0, 0.05) is 12.0 Å². The monoisotopic (exact) mass is 355 g/mol. The summed E-state index contributed by atoms with van der Waals surface area (Å²) in [6.45, 7) is 3.20. The summed E-state index contributed by atoms with van der Waals surface area (Å²) in [4.78, 5) is 2.44.